The minimum atomic E-state index is -0.239. The van der Waals surface area contributed by atoms with Gasteiger partial charge in [-0.3, -0.25) is 9.78 Å². The van der Waals surface area contributed by atoms with Gasteiger partial charge in [0, 0.05) is 18.3 Å². The van der Waals surface area contributed by atoms with Crippen molar-refractivity contribution in [1.29, 1.82) is 0 Å². The molecule has 0 saturated carbocycles. The van der Waals surface area contributed by atoms with Gasteiger partial charge in [-0.2, -0.15) is 0 Å². The van der Waals surface area contributed by atoms with Gasteiger partial charge in [0.15, 0.2) is 0 Å². The number of ether oxygens (including phenoxy) is 1. The van der Waals surface area contributed by atoms with Crippen molar-refractivity contribution in [2.45, 2.75) is 12.5 Å². The SMILES string of the molecule is Nc1ccnc(C(=O)NCC2Cc3ccccc3O2)c1. The van der Waals surface area contributed by atoms with Crippen molar-refractivity contribution in [3.63, 3.8) is 0 Å². The number of benzene rings is 1. The van der Waals surface area contributed by atoms with E-state index < -0.39 is 0 Å². The number of carbonyl (C=O) groups excluding carboxylic acids is 1. The second-order valence-corrected chi connectivity index (χ2v) is 4.74. The molecule has 0 spiro atoms. The number of aromatic nitrogens is 1. The molecule has 0 radical (unpaired) electrons. The fourth-order valence-corrected chi connectivity index (χ4v) is 2.24. The van der Waals surface area contributed by atoms with E-state index >= 15 is 0 Å². The molecular formula is C15H15N3O2. The number of nitrogens with two attached hydrogens (primary N) is 1. The first-order valence-electron chi connectivity index (χ1n) is 6.46. The number of nitrogens with one attached hydrogen (secondary N) is 1. The zero-order valence-electron chi connectivity index (χ0n) is 10.9. The van der Waals surface area contributed by atoms with Crippen molar-refractivity contribution in [1.82, 2.24) is 10.3 Å². The van der Waals surface area contributed by atoms with Crippen LogP contribution in [0.25, 0.3) is 0 Å². The Morgan fingerprint density at radius 2 is 2.25 bits per heavy atom. The molecule has 1 aromatic carbocycles. The van der Waals surface area contributed by atoms with Crippen molar-refractivity contribution >= 4 is 11.6 Å². The third-order valence-electron chi connectivity index (χ3n) is 3.22. The molecule has 3 rings (SSSR count). The smallest absolute Gasteiger partial charge is 0.270 e. The lowest BCUT2D eigenvalue weighted by atomic mass is 10.1. The van der Waals surface area contributed by atoms with E-state index in [4.69, 9.17) is 10.5 Å². The molecule has 3 N–H and O–H groups in total. The Kier molecular flexibility index (Phi) is 3.25. The summed E-state index contributed by atoms with van der Waals surface area (Å²) in [6.45, 7) is 0.448. The third kappa shape index (κ3) is 2.56. The van der Waals surface area contributed by atoms with Gasteiger partial charge in [-0.25, -0.2) is 0 Å². The Bertz CT molecular complexity index is 618. The molecule has 0 saturated heterocycles. The highest BCUT2D eigenvalue weighted by atomic mass is 16.5. The van der Waals surface area contributed by atoms with Gasteiger partial charge in [0.25, 0.3) is 5.91 Å². The number of amides is 1. The van der Waals surface area contributed by atoms with Crippen LogP contribution >= 0.6 is 0 Å². The Balaban J connectivity index is 1.58. The van der Waals surface area contributed by atoms with Gasteiger partial charge in [-0.1, -0.05) is 18.2 Å². The molecule has 5 heteroatoms. The monoisotopic (exact) mass is 269 g/mol. The van der Waals surface area contributed by atoms with Crippen LogP contribution in [0.15, 0.2) is 42.6 Å². The maximum absolute atomic E-state index is 11.9. The van der Waals surface area contributed by atoms with Crippen LogP contribution in [0, 0.1) is 0 Å². The number of nitrogen functional groups attached to an aromatic ring is 1. The highest BCUT2D eigenvalue weighted by Crippen LogP contribution is 2.27. The zero-order valence-corrected chi connectivity index (χ0v) is 10.9. The Morgan fingerprint density at radius 3 is 3.05 bits per heavy atom. The number of rotatable bonds is 3. The van der Waals surface area contributed by atoms with Crippen molar-refractivity contribution in [2.75, 3.05) is 12.3 Å². The number of hydrogen-bond acceptors (Lipinski definition) is 4. The summed E-state index contributed by atoms with van der Waals surface area (Å²) in [4.78, 5) is 15.9. The van der Waals surface area contributed by atoms with Gasteiger partial charge in [0.2, 0.25) is 0 Å². The first-order chi connectivity index (χ1) is 9.72. The van der Waals surface area contributed by atoms with E-state index in [1.807, 2.05) is 24.3 Å². The molecule has 0 aliphatic carbocycles. The Hall–Kier alpha value is -2.56. The third-order valence-corrected chi connectivity index (χ3v) is 3.22. The zero-order chi connectivity index (χ0) is 13.9. The highest BCUT2D eigenvalue weighted by molar-refractivity contribution is 5.92. The van der Waals surface area contributed by atoms with E-state index in [-0.39, 0.29) is 12.0 Å². The number of anilines is 1. The number of pyridine rings is 1. The maximum atomic E-state index is 11.9. The summed E-state index contributed by atoms with van der Waals surface area (Å²) in [5.74, 6) is 0.658. The number of hydrogen-bond donors (Lipinski definition) is 2. The van der Waals surface area contributed by atoms with Crippen LogP contribution < -0.4 is 15.8 Å². The van der Waals surface area contributed by atoms with E-state index in [2.05, 4.69) is 10.3 Å². The summed E-state index contributed by atoms with van der Waals surface area (Å²) in [6.07, 6.45) is 2.30. The maximum Gasteiger partial charge on any atom is 0.270 e. The van der Waals surface area contributed by atoms with E-state index in [1.165, 1.54) is 11.8 Å². The number of fused-ring (bicyclic) bond motifs is 1. The molecule has 0 bridgehead atoms. The van der Waals surface area contributed by atoms with Crippen molar-refractivity contribution in [3.8, 4) is 5.75 Å². The van der Waals surface area contributed by atoms with Crippen molar-refractivity contribution < 1.29 is 9.53 Å². The summed E-state index contributed by atoms with van der Waals surface area (Å²) in [7, 11) is 0. The van der Waals surface area contributed by atoms with Gasteiger partial charge in [-0.05, 0) is 23.8 Å². The fourth-order valence-electron chi connectivity index (χ4n) is 2.24. The van der Waals surface area contributed by atoms with Gasteiger partial charge in [-0.15, -0.1) is 0 Å². The van der Waals surface area contributed by atoms with Crippen LogP contribution in [0.3, 0.4) is 0 Å². The molecule has 1 unspecified atom stereocenters. The summed E-state index contributed by atoms with van der Waals surface area (Å²) < 4.78 is 5.76. The first kappa shape index (κ1) is 12.5. The van der Waals surface area contributed by atoms with E-state index in [9.17, 15) is 4.79 Å². The molecule has 1 aromatic heterocycles. The minimum absolute atomic E-state index is 0.0302. The molecule has 1 atom stereocenters. The molecule has 102 valence electrons. The quantitative estimate of drug-likeness (QED) is 0.883. The predicted octanol–water partition coefficient (Wildman–Crippen LogP) is 1.40. The second-order valence-electron chi connectivity index (χ2n) is 4.74. The summed E-state index contributed by atoms with van der Waals surface area (Å²) in [6, 6.07) is 11.1. The Labute approximate surface area is 116 Å². The molecule has 1 aliphatic heterocycles. The van der Waals surface area contributed by atoms with Crippen LogP contribution in [-0.4, -0.2) is 23.5 Å². The highest BCUT2D eigenvalue weighted by Gasteiger charge is 2.22. The van der Waals surface area contributed by atoms with E-state index in [1.54, 1.807) is 12.1 Å². The fraction of sp³-hybridized carbons (Fsp3) is 0.200. The summed E-state index contributed by atoms with van der Waals surface area (Å²) in [5, 5.41) is 2.82. The topological polar surface area (TPSA) is 77.2 Å². The molecule has 20 heavy (non-hydrogen) atoms. The van der Waals surface area contributed by atoms with Gasteiger partial charge in [0.1, 0.15) is 17.5 Å². The lowest BCUT2D eigenvalue weighted by Crippen LogP contribution is -2.34. The lowest BCUT2D eigenvalue weighted by molar-refractivity contribution is 0.0928. The number of carbonyl (C=O) groups is 1. The van der Waals surface area contributed by atoms with Crippen molar-refractivity contribution in [2.24, 2.45) is 0 Å². The van der Waals surface area contributed by atoms with Crippen molar-refractivity contribution in [3.05, 3.63) is 53.9 Å². The molecule has 0 fully saturated rings. The Morgan fingerprint density at radius 1 is 1.40 bits per heavy atom. The van der Waals surface area contributed by atoms with Crippen LogP contribution in [0.5, 0.6) is 5.75 Å². The minimum Gasteiger partial charge on any atom is -0.488 e. The van der Waals surface area contributed by atoms with Crippen LogP contribution in [-0.2, 0) is 6.42 Å². The molecule has 1 aliphatic rings. The van der Waals surface area contributed by atoms with E-state index in [0.29, 0.717) is 17.9 Å². The summed E-state index contributed by atoms with van der Waals surface area (Å²) in [5.41, 5.74) is 7.65. The van der Waals surface area contributed by atoms with Gasteiger partial charge >= 0.3 is 0 Å². The molecular weight excluding hydrogens is 254 g/mol. The van der Waals surface area contributed by atoms with Gasteiger partial charge in [0.05, 0.1) is 6.54 Å². The lowest BCUT2D eigenvalue weighted by Gasteiger charge is -2.11. The standard InChI is InChI=1S/C15H15N3O2/c16-11-5-6-17-13(8-11)15(19)18-9-12-7-10-3-1-2-4-14(10)20-12/h1-6,8,12H,7,9H2,(H2,16,17)(H,18,19). The normalized spacial score (nSPS) is 16.3. The molecule has 1 amide bonds. The van der Waals surface area contributed by atoms with Crippen LogP contribution in [0.1, 0.15) is 16.1 Å². The van der Waals surface area contributed by atoms with Crippen LogP contribution in [0.2, 0.25) is 0 Å². The predicted molar refractivity (Wildman–Crippen MR) is 75.5 cm³/mol. The van der Waals surface area contributed by atoms with Crippen LogP contribution in [0.4, 0.5) is 5.69 Å². The van der Waals surface area contributed by atoms with Gasteiger partial charge < -0.3 is 15.8 Å². The molecule has 2 aromatic rings. The summed E-state index contributed by atoms with van der Waals surface area (Å²) >= 11 is 0. The average Bonchev–Trinajstić information content (AvgIpc) is 2.87. The largest absolute Gasteiger partial charge is 0.488 e. The average molecular weight is 269 g/mol. The number of nitrogens with zero attached hydrogens (tertiary/aromatic N) is 1. The first-order valence-corrected chi connectivity index (χ1v) is 6.46. The molecule has 5 nitrogen and oxygen atoms in total. The van der Waals surface area contributed by atoms with E-state index in [0.717, 1.165) is 12.2 Å². The number of para-hydroxylation sites is 1. The second kappa shape index (κ2) is 5.21. The molecule has 2 heterocycles.